The molecule has 0 saturated heterocycles. The van der Waals surface area contributed by atoms with Gasteiger partial charge in [-0.1, -0.05) is 31.5 Å². The summed E-state index contributed by atoms with van der Waals surface area (Å²) in [7, 11) is 0. The third-order valence-corrected chi connectivity index (χ3v) is 3.22. The van der Waals surface area contributed by atoms with E-state index in [0.29, 0.717) is 29.6 Å². The molecule has 1 aromatic heterocycles. The van der Waals surface area contributed by atoms with E-state index < -0.39 is 5.82 Å². The van der Waals surface area contributed by atoms with Crippen LogP contribution in [0.1, 0.15) is 19.7 Å². The van der Waals surface area contributed by atoms with Gasteiger partial charge < -0.3 is 9.73 Å². The molecule has 0 fully saturated rings. The van der Waals surface area contributed by atoms with Gasteiger partial charge in [0.2, 0.25) is 0 Å². The summed E-state index contributed by atoms with van der Waals surface area (Å²) in [5.74, 6) is 1.27. The van der Waals surface area contributed by atoms with Gasteiger partial charge >= 0.3 is 0 Å². The van der Waals surface area contributed by atoms with E-state index >= 15 is 0 Å². The second-order valence-electron chi connectivity index (χ2n) is 5.07. The van der Waals surface area contributed by atoms with E-state index in [9.17, 15) is 4.39 Å². The van der Waals surface area contributed by atoms with Crippen LogP contribution in [-0.4, -0.2) is 18.1 Å². The molecule has 0 aliphatic rings. The fraction of sp³-hybridized carbons (Fsp3) is 0.400. The number of halogens is 2. The van der Waals surface area contributed by atoms with Gasteiger partial charge in [-0.15, -0.1) is 0 Å². The zero-order chi connectivity index (χ0) is 14.5. The molecule has 0 amide bonds. The summed E-state index contributed by atoms with van der Waals surface area (Å²) in [5.41, 5.74) is 0.528. The summed E-state index contributed by atoms with van der Waals surface area (Å²) in [6.07, 6.45) is 2.28. The Morgan fingerprint density at radius 2 is 2.20 bits per heavy atom. The molecule has 5 heteroatoms. The fourth-order valence-corrected chi connectivity index (χ4v) is 2.05. The highest BCUT2D eigenvalue weighted by molar-refractivity contribution is 6.33. The second kappa shape index (κ2) is 6.86. The highest BCUT2D eigenvalue weighted by Crippen LogP contribution is 2.30. The van der Waals surface area contributed by atoms with Crippen LogP contribution in [0.2, 0.25) is 5.02 Å². The van der Waals surface area contributed by atoms with Crippen molar-refractivity contribution in [3.8, 4) is 11.3 Å². The Morgan fingerprint density at radius 1 is 1.40 bits per heavy atom. The van der Waals surface area contributed by atoms with Gasteiger partial charge in [0.05, 0.1) is 11.2 Å². The van der Waals surface area contributed by atoms with Crippen LogP contribution in [0.4, 0.5) is 4.39 Å². The summed E-state index contributed by atoms with van der Waals surface area (Å²) in [6.45, 7) is 6.07. The van der Waals surface area contributed by atoms with Crippen LogP contribution >= 0.6 is 11.6 Å². The van der Waals surface area contributed by atoms with Crippen molar-refractivity contribution < 1.29 is 8.81 Å². The van der Waals surface area contributed by atoms with Gasteiger partial charge in [0.1, 0.15) is 5.82 Å². The Hall–Kier alpha value is -1.39. The van der Waals surface area contributed by atoms with E-state index in [1.807, 2.05) is 0 Å². The maximum Gasteiger partial charge on any atom is 0.196 e. The minimum Gasteiger partial charge on any atom is -0.441 e. The van der Waals surface area contributed by atoms with Crippen LogP contribution < -0.4 is 5.32 Å². The Bertz CT molecular complexity index is 569. The topological polar surface area (TPSA) is 38.1 Å². The summed E-state index contributed by atoms with van der Waals surface area (Å²) < 4.78 is 19.0. The lowest BCUT2D eigenvalue weighted by atomic mass is 10.2. The first-order valence-electron chi connectivity index (χ1n) is 6.67. The largest absolute Gasteiger partial charge is 0.441 e. The van der Waals surface area contributed by atoms with Gasteiger partial charge in [-0.3, -0.25) is 0 Å². The first kappa shape index (κ1) is 15.0. The molecule has 0 aliphatic carbocycles. The molecular formula is C15H18ClFN2O. The SMILES string of the molecule is CC(C)CNCCc1ncc(-c2cccc(F)c2Cl)o1. The van der Waals surface area contributed by atoms with E-state index in [1.54, 1.807) is 18.3 Å². The van der Waals surface area contributed by atoms with Crippen LogP contribution in [0.25, 0.3) is 11.3 Å². The van der Waals surface area contributed by atoms with Gasteiger partial charge in [-0.2, -0.15) is 0 Å². The number of rotatable bonds is 6. The van der Waals surface area contributed by atoms with E-state index in [4.69, 9.17) is 16.0 Å². The first-order chi connectivity index (χ1) is 9.58. The van der Waals surface area contributed by atoms with Gasteiger partial charge in [0.25, 0.3) is 0 Å². The lowest BCUT2D eigenvalue weighted by molar-refractivity contribution is 0.482. The standard InChI is InChI=1S/C15H18ClFN2O/c1-10(2)8-18-7-6-14-19-9-13(20-14)11-4-3-5-12(17)15(11)16/h3-5,9-10,18H,6-8H2,1-2H3. The Balaban J connectivity index is 2.00. The van der Waals surface area contributed by atoms with E-state index in [0.717, 1.165) is 13.1 Å². The van der Waals surface area contributed by atoms with Crippen molar-refractivity contribution in [3.05, 3.63) is 41.1 Å². The molecule has 1 aromatic carbocycles. The van der Waals surface area contributed by atoms with Crippen molar-refractivity contribution in [2.75, 3.05) is 13.1 Å². The Morgan fingerprint density at radius 3 is 2.95 bits per heavy atom. The van der Waals surface area contributed by atoms with Crippen molar-refractivity contribution in [2.45, 2.75) is 20.3 Å². The van der Waals surface area contributed by atoms with Crippen molar-refractivity contribution >= 4 is 11.6 Å². The van der Waals surface area contributed by atoms with E-state index in [1.165, 1.54) is 6.07 Å². The lowest BCUT2D eigenvalue weighted by Gasteiger charge is -2.05. The molecule has 0 unspecified atom stereocenters. The Kier molecular flexibility index (Phi) is 5.15. The van der Waals surface area contributed by atoms with Gasteiger partial charge in [-0.05, 0) is 24.6 Å². The molecule has 0 aliphatic heterocycles. The molecular weight excluding hydrogens is 279 g/mol. The average molecular weight is 297 g/mol. The summed E-state index contributed by atoms with van der Waals surface area (Å²) >= 11 is 5.92. The fourth-order valence-electron chi connectivity index (χ4n) is 1.83. The summed E-state index contributed by atoms with van der Waals surface area (Å²) in [5, 5.41) is 3.38. The predicted octanol–water partition coefficient (Wildman–Crippen LogP) is 3.92. The smallest absolute Gasteiger partial charge is 0.196 e. The maximum atomic E-state index is 13.4. The molecule has 1 heterocycles. The number of benzene rings is 1. The number of hydrogen-bond donors (Lipinski definition) is 1. The first-order valence-corrected chi connectivity index (χ1v) is 7.05. The van der Waals surface area contributed by atoms with E-state index in [-0.39, 0.29) is 5.02 Å². The van der Waals surface area contributed by atoms with Crippen molar-refractivity contribution in [1.82, 2.24) is 10.3 Å². The summed E-state index contributed by atoms with van der Waals surface area (Å²) in [6, 6.07) is 4.63. The third kappa shape index (κ3) is 3.81. The zero-order valence-corrected chi connectivity index (χ0v) is 12.4. The lowest BCUT2D eigenvalue weighted by Crippen LogP contribution is -2.22. The molecule has 0 atom stereocenters. The number of oxazole rings is 1. The number of nitrogens with zero attached hydrogens (tertiary/aromatic N) is 1. The van der Waals surface area contributed by atoms with Crippen LogP contribution in [-0.2, 0) is 6.42 Å². The molecule has 0 saturated carbocycles. The molecule has 0 spiro atoms. The number of hydrogen-bond acceptors (Lipinski definition) is 3. The minimum absolute atomic E-state index is 0.0631. The molecule has 2 rings (SSSR count). The molecule has 0 bridgehead atoms. The number of aromatic nitrogens is 1. The number of nitrogens with one attached hydrogen (secondary N) is 1. The van der Waals surface area contributed by atoms with Gasteiger partial charge in [0, 0.05) is 18.5 Å². The normalized spacial score (nSPS) is 11.2. The van der Waals surface area contributed by atoms with Crippen LogP contribution in [0.3, 0.4) is 0 Å². The van der Waals surface area contributed by atoms with Crippen LogP contribution in [0.15, 0.2) is 28.8 Å². The molecule has 20 heavy (non-hydrogen) atoms. The molecule has 3 nitrogen and oxygen atoms in total. The molecule has 2 aromatic rings. The molecule has 108 valence electrons. The van der Waals surface area contributed by atoms with Crippen molar-refractivity contribution in [2.24, 2.45) is 5.92 Å². The van der Waals surface area contributed by atoms with Crippen LogP contribution in [0.5, 0.6) is 0 Å². The third-order valence-electron chi connectivity index (χ3n) is 2.84. The van der Waals surface area contributed by atoms with Gasteiger partial charge in [-0.25, -0.2) is 9.37 Å². The highest BCUT2D eigenvalue weighted by Gasteiger charge is 2.12. The van der Waals surface area contributed by atoms with Crippen molar-refractivity contribution in [1.29, 1.82) is 0 Å². The van der Waals surface area contributed by atoms with E-state index in [2.05, 4.69) is 24.1 Å². The minimum atomic E-state index is -0.458. The molecule has 0 radical (unpaired) electrons. The second-order valence-corrected chi connectivity index (χ2v) is 5.45. The monoisotopic (exact) mass is 296 g/mol. The van der Waals surface area contributed by atoms with Gasteiger partial charge in [0.15, 0.2) is 11.7 Å². The Labute approximate surface area is 123 Å². The zero-order valence-electron chi connectivity index (χ0n) is 11.6. The summed E-state index contributed by atoms with van der Waals surface area (Å²) in [4.78, 5) is 4.19. The maximum absolute atomic E-state index is 13.4. The van der Waals surface area contributed by atoms with Crippen molar-refractivity contribution in [3.63, 3.8) is 0 Å². The molecule has 1 N–H and O–H groups in total. The average Bonchev–Trinajstić information content (AvgIpc) is 2.86. The predicted molar refractivity (Wildman–Crippen MR) is 78.3 cm³/mol. The quantitative estimate of drug-likeness (QED) is 0.821. The highest BCUT2D eigenvalue weighted by atomic mass is 35.5. The van der Waals surface area contributed by atoms with Crippen LogP contribution in [0, 0.1) is 11.7 Å².